The molecule has 1 aliphatic heterocycles. The molecule has 1 saturated carbocycles. The van der Waals surface area contributed by atoms with Crippen LogP contribution in [-0.2, 0) is 19.1 Å². The zero-order chi connectivity index (χ0) is 22.0. The molecule has 0 radical (unpaired) electrons. The highest BCUT2D eigenvalue weighted by atomic mass is 16.5. The Balaban J connectivity index is 1.32. The summed E-state index contributed by atoms with van der Waals surface area (Å²) in [5, 5.41) is 5.40. The molecule has 2 fully saturated rings. The number of urea groups is 1. The van der Waals surface area contributed by atoms with Crippen LogP contribution in [0.4, 0.5) is 10.5 Å². The summed E-state index contributed by atoms with van der Waals surface area (Å²) < 4.78 is 5.00. The van der Waals surface area contributed by atoms with Crippen LogP contribution in [-0.4, -0.2) is 47.4 Å². The van der Waals surface area contributed by atoms with Crippen molar-refractivity contribution < 1.29 is 23.9 Å². The number of hydrogen-bond donors (Lipinski definition) is 2. The highest BCUT2D eigenvalue weighted by Crippen LogP contribution is 2.42. The maximum Gasteiger partial charge on any atom is 0.326 e. The van der Waals surface area contributed by atoms with Crippen LogP contribution in [0.1, 0.15) is 19.8 Å². The lowest BCUT2D eigenvalue weighted by Crippen LogP contribution is -2.46. The largest absolute Gasteiger partial charge is 0.454 e. The van der Waals surface area contributed by atoms with Gasteiger partial charge >= 0.3 is 12.0 Å². The van der Waals surface area contributed by atoms with Crippen LogP contribution in [0, 0.1) is 5.92 Å². The van der Waals surface area contributed by atoms with Gasteiger partial charge in [-0.25, -0.2) is 4.79 Å². The fraction of sp³-hybridized carbons (Fsp3) is 0.304. The summed E-state index contributed by atoms with van der Waals surface area (Å²) in [7, 11) is 0. The monoisotopic (exact) mass is 421 g/mol. The third-order valence-corrected chi connectivity index (χ3v) is 5.63. The molecule has 0 unspecified atom stereocenters. The minimum atomic E-state index is -0.962. The van der Waals surface area contributed by atoms with Gasteiger partial charge in [-0.05, 0) is 37.3 Å². The summed E-state index contributed by atoms with van der Waals surface area (Å²) in [6.07, 6.45) is 1.73. The molecule has 0 bridgehead atoms. The van der Waals surface area contributed by atoms with Crippen molar-refractivity contribution in [3.63, 3.8) is 0 Å². The second kappa shape index (κ2) is 8.22. The first-order chi connectivity index (χ1) is 14.9. The zero-order valence-electron chi connectivity index (χ0n) is 17.1. The van der Waals surface area contributed by atoms with Crippen molar-refractivity contribution in [3.05, 3.63) is 54.6 Å². The van der Waals surface area contributed by atoms with E-state index in [1.54, 1.807) is 19.1 Å². The molecule has 2 N–H and O–H groups in total. The van der Waals surface area contributed by atoms with Gasteiger partial charge in [0, 0.05) is 11.3 Å². The van der Waals surface area contributed by atoms with Gasteiger partial charge in [-0.15, -0.1) is 0 Å². The van der Waals surface area contributed by atoms with Crippen molar-refractivity contribution in [2.45, 2.75) is 25.3 Å². The molecular formula is C23H23N3O5. The van der Waals surface area contributed by atoms with Crippen LogP contribution in [0.25, 0.3) is 11.1 Å². The summed E-state index contributed by atoms with van der Waals surface area (Å²) >= 11 is 0. The predicted octanol–water partition coefficient (Wildman–Crippen LogP) is 2.56. The number of rotatable bonds is 7. The van der Waals surface area contributed by atoms with Crippen molar-refractivity contribution in [1.29, 1.82) is 0 Å². The average Bonchev–Trinajstić information content (AvgIpc) is 3.59. The third kappa shape index (κ3) is 4.28. The molecule has 4 rings (SSSR count). The standard InChI is InChI=1S/C23H23N3O5/c1-23(16-11-12-16)21(29)26(22(30)25-23)13-20(28)31-14-19(27)24-18-10-6-5-9-17(18)15-7-3-2-4-8-15/h2-10,16H,11-14H2,1H3,(H,24,27)(H,25,30)/t23-/m1/s1. The van der Waals surface area contributed by atoms with E-state index in [0.717, 1.165) is 28.9 Å². The van der Waals surface area contributed by atoms with E-state index in [9.17, 15) is 19.2 Å². The maximum absolute atomic E-state index is 12.6. The maximum atomic E-state index is 12.6. The smallest absolute Gasteiger partial charge is 0.326 e. The molecule has 1 heterocycles. The lowest BCUT2D eigenvalue weighted by atomic mass is 9.96. The molecule has 1 atom stereocenters. The van der Waals surface area contributed by atoms with Crippen molar-refractivity contribution in [2.75, 3.05) is 18.5 Å². The van der Waals surface area contributed by atoms with E-state index >= 15 is 0 Å². The van der Waals surface area contributed by atoms with E-state index < -0.39 is 42.5 Å². The van der Waals surface area contributed by atoms with Crippen molar-refractivity contribution >= 4 is 29.5 Å². The number of hydrogen-bond acceptors (Lipinski definition) is 5. The normalized spacial score (nSPS) is 20.4. The number of carbonyl (C=O) groups excluding carboxylic acids is 4. The van der Waals surface area contributed by atoms with E-state index in [2.05, 4.69) is 10.6 Å². The van der Waals surface area contributed by atoms with Gasteiger partial charge in [-0.2, -0.15) is 0 Å². The average molecular weight is 421 g/mol. The highest BCUT2D eigenvalue weighted by Gasteiger charge is 2.56. The number of nitrogens with zero attached hydrogens (tertiary/aromatic N) is 1. The van der Waals surface area contributed by atoms with Crippen molar-refractivity contribution in [2.24, 2.45) is 5.92 Å². The molecule has 160 valence electrons. The topological polar surface area (TPSA) is 105 Å². The van der Waals surface area contributed by atoms with Gasteiger partial charge in [0.25, 0.3) is 11.8 Å². The van der Waals surface area contributed by atoms with Crippen LogP contribution in [0.5, 0.6) is 0 Å². The second-order valence-electron chi connectivity index (χ2n) is 7.92. The number of para-hydroxylation sites is 1. The Kier molecular flexibility index (Phi) is 5.46. The number of nitrogens with one attached hydrogen (secondary N) is 2. The predicted molar refractivity (Wildman–Crippen MR) is 113 cm³/mol. The number of carbonyl (C=O) groups is 4. The van der Waals surface area contributed by atoms with Gasteiger partial charge in [0.2, 0.25) is 0 Å². The lowest BCUT2D eigenvalue weighted by Gasteiger charge is -2.20. The summed E-state index contributed by atoms with van der Waals surface area (Å²) in [4.78, 5) is 50.0. The van der Waals surface area contributed by atoms with Gasteiger partial charge in [0.1, 0.15) is 12.1 Å². The number of benzene rings is 2. The Morgan fingerprint density at radius 1 is 1.10 bits per heavy atom. The molecule has 31 heavy (non-hydrogen) atoms. The van der Waals surface area contributed by atoms with Crippen molar-refractivity contribution in [1.82, 2.24) is 10.2 Å². The van der Waals surface area contributed by atoms with Gasteiger partial charge in [-0.3, -0.25) is 19.3 Å². The summed E-state index contributed by atoms with van der Waals surface area (Å²) in [5.41, 5.74) is 1.40. The minimum absolute atomic E-state index is 0.0976. The fourth-order valence-electron chi connectivity index (χ4n) is 3.77. The molecule has 8 heteroatoms. The van der Waals surface area contributed by atoms with Crippen LogP contribution in [0.15, 0.2) is 54.6 Å². The zero-order valence-corrected chi connectivity index (χ0v) is 17.1. The first-order valence-electron chi connectivity index (χ1n) is 10.1. The SMILES string of the molecule is C[C@]1(C2CC2)NC(=O)N(CC(=O)OCC(=O)Nc2ccccc2-c2ccccc2)C1=O. The highest BCUT2D eigenvalue weighted by molar-refractivity contribution is 6.09. The second-order valence-corrected chi connectivity index (χ2v) is 7.92. The minimum Gasteiger partial charge on any atom is -0.454 e. The molecule has 2 aliphatic rings. The molecule has 1 saturated heterocycles. The summed E-state index contributed by atoms with van der Waals surface area (Å²) in [5.74, 6) is -1.68. The summed E-state index contributed by atoms with van der Waals surface area (Å²) in [6.45, 7) is 0.625. The van der Waals surface area contributed by atoms with E-state index in [-0.39, 0.29) is 5.92 Å². The molecule has 2 aromatic carbocycles. The number of ether oxygens (including phenoxy) is 1. The van der Waals surface area contributed by atoms with Crippen LogP contribution < -0.4 is 10.6 Å². The van der Waals surface area contributed by atoms with E-state index in [0.29, 0.717) is 5.69 Å². The van der Waals surface area contributed by atoms with E-state index in [1.165, 1.54) is 0 Å². The molecule has 4 amide bonds. The van der Waals surface area contributed by atoms with Gasteiger partial charge in [-0.1, -0.05) is 48.5 Å². The number of imide groups is 1. The van der Waals surface area contributed by atoms with Gasteiger partial charge < -0.3 is 15.4 Å². The van der Waals surface area contributed by atoms with Crippen molar-refractivity contribution in [3.8, 4) is 11.1 Å². The Morgan fingerprint density at radius 2 is 1.77 bits per heavy atom. The molecule has 1 aliphatic carbocycles. The number of anilines is 1. The van der Waals surface area contributed by atoms with Gasteiger partial charge in [0.15, 0.2) is 6.61 Å². The molecule has 0 spiro atoms. The first kappa shape index (κ1) is 20.6. The van der Waals surface area contributed by atoms with Crippen LogP contribution in [0.2, 0.25) is 0 Å². The Hall–Kier alpha value is -3.68. The third-order valence-electron chi connectivity index (χ3n) is 5.63. The number of esters is 1. The Morgan fingerprint density at radius 3 is 2.48 bits per heavy atom. The molecule has 2 aromatic rings. The quantitative estimate of drug-likeness (QED) is 0.528. The lowest BCUT2D eigenvalue weighted by molar-refractivity contribution is -0.150. The molecular weight excluding hydrogens is 398 g/mol. The Bertz CT molecular complexity index is 1030. The van der Waals surface area contributed by atoms with E-state index in [1.807, 2.05) is 42.5 Å². The number of amides is 4. The van der Waals surface area contributed by atoms with Gasteiger partial charge in [0.05, 0.1) is 0 Å². The van der Waals surface area contributed by atoms with Crippen LogP contribution >= 0.6 is 0 Å². The molecule has 0 aromatic heterocycles. The molecule has 8 nitrogen and oxygen atoms in total. The fourth-order valence-corrected chi connectivity index (χ4v) is 3.77. The Labute approximate surface area is 179 Å². The summed E-state index contributed by atoms with van der Waals surface area (Å²) in [6, 6.07) is 16.3. The first-order valence-corrected chi connectivity index (χ1v) is 10.1. The van der Waals surface area contributed by atoms with E-state index in [4.69, 9.17) is 4.74 Å². The van der Waals surface area contributed by atoms with Crippen LogP contribution in [0.3, 0.4) is 0 Å².